The summed E-state index contributed by atoms with van der Waals surface area (Å²) in [5.74, 6) is -2.10. The lowest BCUT2D eigenvalue weighted by molar-refractivity contribution is -0.255. The van der Waals surface area contributed by atoms with E-state index in [1.54, 1.807) is 6.07 Å². The van der Waals surface area contributed by atoms with Gasteiger partial charge in [-0.1, -0.05) is 37.0 Å². The van der Waals surface area contributed by atoms with Gasteiger partial charge in [0.15, 0.2) is 0 Å². The normalized spacial score (nSPS) is 16.6. The third-order valence-corrected chi connectivity index (χ3v) is 10.4. The topological polar surface area (TPSA) is 83.7 Å². The van der Waals surface area contributed by atoms with E-state index in [4.69, 9.17) is 28.3 Å². The fourth-order valence-corrected chi connectivity index (χ4v) is 8.00. The summed E-state index contributed by atoms with van der Waals surface area (Å²) in [7, 11) is 2.13. The van der Waals surface area contributed by atoms with Crippen molar-refractivity contribution in [3.05, 3.63) is 96.0 Å². The van der Waals surface area contributed by atoms with Crippen molar-refractivity contribution in [2.45, 2.75) is 70.6 Å². The number of aliphatic carboxylic acids is 1. The number of unbranched alkanes of at least 4 members (excludes halogenated alkanes) is 2. The van der Waals surface area contributed by atoms with Crippen LogP contribution in [0.2, 0.25) is 10.0 Å². The Morgan fingerprint density at radius 1 is 0.977 bits per heavy atom. The van der Waals surface area contributed by atoms with E-state index in [1.807, 2.05) is 0 Å². The molecule has 3 aromatic carbocycles. The Balaban J connectivity index is 1.66. The van der Waals surface area contributed by atoms with Crippen LogP contribution in [0.4, 0.5) is 5.69 Å². The summed E-state index contributed by atoms with van der Waals surface area (Å²) in [6.07, 6.45) is 6.63. The van der Waals surface area contributed by atoms with Crippen molar-refractivity contribution in [1.29, 1.82) is 0 Å². The van der Waals surface area contributed by atoms with E-state index in [9.17, 15) is 14.7 Å². The Labute approximate surface area is 268 Å². The van der Waals surface area contributed by atoms with Crippen LogP contribution in [0.15, 0.2) is 36.4 Å². The maximum Gasteiger partial charge on any atom is 0.303 e. The van der Waals surface area contributed by atoms with Gasteiger partial charge in [-0.25, -0.2) is 4.58 Å². The van der Waals surface area contributed by atoms with E-state index in [1.165, 1.54) is 28.2 Å². The van der Waals surface area contributed by atoms with Gasteiger partial charge in [0, 0.05) is 71.7 Å². The number of benzene rings is 3. The molecule has 1 N–H and O–H groups in total. The van der Waals surface area contributed by atoms with Gasteiger partial charge in [-0.15, -0.1) is 0 Å². The minimum atomic E-state index is -1.35. The first-order valence-electron chi connectivity index (χ1n) is 15.6. The molecule has 0 radical (unpaired) electrons. The first-order chi connectivity index (χ1) is 21.0. The first-order valence-corrected chi connectivity index (χ1v) is 16.3. The van der Waals surface area contributed by atoms with Crippen molar-refractivity contribution in [3.8, 4) is 0 Å². The molecule has 0 amide bonds. The Morgan fingerprint density at radius 2 is 1.73 bits per heavy atom. The smallest absolute Gasteiger partial charge is 0.303 e. The zero-order valence-electron chi connectivity index (χ0n) is 25.6. The number of halogens is 2. The number of aromatic carboxylic acids is 1. The van der Waals surface area contributed by atoms with Crippen LogP contribution in [0.25, 0.3) is 5.57 Å². The molecular weight excluding hydrogens is 595 g/mol. The number of hydrogen-bond donors (Lipinski definition) is 1. The average molecular weight is 634 g/mol. The summed E-state index contributed by atoms with van der Waals surface area (Å²) in [5.41, 5.74) is 7.67. The fraction of sp³-hybridized carbons (Fsp3) is 0.417. The van der Waals surface area contributed by atoms with Gasteiger partial charge in [-0.3, -0.25) is 4.79 Å². The average Bonchev–Trinajstić information content (AvgIpc) is 2.97. The predicted octanol–water partition coefficient (Wildman–Crippen LogP) is 4.71. The number of carboxylic acids is 2. The third kappa shape index (κ3) is 5.30. The predicted molar refractivity (Wildman–Crippen MR) is 174 cm³/mol. The van der Waals surface area contributed by atoms with Crippen LogP contribution in [0.1, 0.15) is 96.1 Å². The van der Waals surface area contributed by atoms with Gasteiger partial charge >= 0.3 is 5.97 Å². The van der Waals surface area contributed by atoms with Gasteiger partial charge in [0.1, 0.15) is 13.1 Å². The summed E-state index contributed by atoms with van der Waals surface area (Å²) in [4.78, 5) is 25.9. The number of aryl methyl sites for hydroxylation is 2. The molecule has 2 heterocycles. The monoisotopic (exact) mass is 632 g/mol. The van der Waals surface area contributed by atoms with Crippen LogP contribution in [0.3, 0.4) is 0 Å². The molecule has 6 nitrogen and oxygen atoms in total. The number of carbonyl (C=O) groups excluding carboxylic acids is 1. The summed E-state index contributed by atoms with van der Waals surface area (Å²) < 4.78 is 2.44. The van der Waals surface area contributed by atoms with Crippen LogP contribution in [0.5, 0.6) is 0 Å². The molecule has 230 valence electrons. The maximum atomic E-state index is 12.6. The highest BCUT2D eigenvalue weighted by Crippen LogP contribution is 2.46. The second-order valence-electron chi connectivity index (χ2n) is 12.9. The van der Waals surface area contributed by atoms with Gasteiger partial charge in [0.25, 0.3) is 0 Å². The molecule has 2 aliphatic heterocycles. The molecule has 0 saturated carbocycles. The Morgan fingerprint density at radius 3 is 2.48 bits per heavy atom. The largest absolute Gasteiger partial charge is 0.545 e. The number of carboxylic acid groups (broad SMARTS) is 2. The second-order valence-corrected chi connectivity index (χ2v) is 13.8. The number of hydrogen-bond acceptors (Lipinski definition) is 4. The van der Waals surface area contributed by atoms with E-state index in [-0.39, 0.29) is 22.4 Å². The van der Waals surface area contributed by atoms with Crippen molar-refractivity contribution in [1.82, 2.24) is 4.58 Å². The Bertz CT molecular complexity index is 1830. The third-order valence-electron chi connectivity index (χ3n) is 9.77. The van der Waals surface area contributed by atoms with Crippen molar-refractivity contribution in [3.63, 3.8) is 0 Å². The van der Waals surface area contributed by atoms with Gasteiger partial charge < -0.3 is 19.9 Å². The molecule has 0 bridgehead atoms. The summed E-state index contributed by atoms with van der Waals surface area (Å²) in [6.45, 7) is 7.31. The summed E-state index contributed by atoms with van der Waals surface area (Å²) >= 11 is 13.4. The Kier molecular flexibility index (Phi) is 8.27. The fourth-order valence-electron chi connectivity index (χ4n) is 7.52. The van der Waals surface area contributed by atoms with Crippen molar-refractivity contribution >= 4 is 46.4 Å². The first kappa shape index (κ1) is 30.7. The van der Waals surface area contributed by atoms with Crippen LogP contribution in [-0.4, -0.2) is 43.7 Å². The number of nitrogens with zero attached hydrogens (tertiary/aromatic N) is 2. The Hall–Kier alpha value is -3.35. The van der Waals surface area contributed by atoms with E-state index in [0.717, 1.165) is 85.6 Å². The van der Waals surface area contributed by atoms with Gasteiger partial charge in [0.2, 0.25) is 5.36 Å². The lowest BCUT2D eigenvalue weighted by atomic mass is 9.67. The van der Waals surface area contributed by atoms with Crippen LogP contribution < -0.4 is 25.2 Å². The molecule has 0 unspecified atom stereocenters. The highest BCUT2D eigenvalue weighted by molar-refractivity contribution is 6.37. The quantitative estimate of drug-likeness (QED) is 0.287. The van der Waals surface area contributed by atoms with Crippen molar-refractivity contribution < 1.29 is 19.8 Å². The zero-order valence-corrected chi connectivity index (χ0v) is 27.1. The molecule has 3 aromatic rings. The van der Waals surface area contributed by atoms with Gasteiger partial charge in [0.05, 0.1) is 11.0 Å². The molecule has 0 spiro atoms. The minimum absolute atomic E-state index is 0.0821. The van der Waals surface area contributed by atoms with Gasteiger partial charge in [-0.2, -0.15) is 0 Å². The highest BCUT2D eigenvalue weighted by atomic mass is 35.5. The molecule has 44 heavy (non-hydrogen) atoms. The molecule has 3 aliphatic rings. The molecular formula is C36H38Cl2N2O4. The molecule has 0 aromatic heterocycles. The molecule has 0 atom stereocenters. The van der Waals surface area contributed by atoms with E-state index in [2.05, 4.69) is 54.6 Å². The van der Waals surface area contributed by atoms with E-state index >= 15 is 0 Å². The number of carbonyl (C=O) groups is 2. The van der Waals surface area contributed by atoms with Crippen LogP contribution in [-0.2, 0) is 23.1 Å². The van der Waals surface area contributed by atoms with Crippen molar-refractivity contribution in [2.24, 2.45) is 0 Å². The van der Waals surface area contributed by atoms with Gasteiger partial charge in [-0.05, 0) is 95.5 Å². The summed E-state index contributed by atoms with van der Waals surface area (Å²) in [5, 5.41) is 24.3. The summed E-state index contributed by atoms with van der Waals surface area (Å²) in [6, 6.07) is 12.3. The maximum absolute atomic E-state index is 12.6. The number of rotatable bonds is 8. The minimum Gasteiger partial charge on any atom is -0.545 e. The second kappa shape index (κ2) is 11.9. The highest BCUT2D eigenvalue weighted by Gasteiger charge is 2.37. The molecule has 8 heteroatoms. The van der Waals surface area contributed by atoms with E-state index in [0.29, 0.717) is 17.0 Å². The van der Waals surface area contributed by atoms with Crippen molar-refractivity contribution in [2.75, 3.05) is 31.6 Å². The SMILES string of the molecule is CN1CCCc2cc3c(cc21)C(C)(C)c1cc2c(cc1=C3c1c(Cl)ccc(Cl)c1C(=O)[O-])CCC[N+]=2CCCCCC(=O)O. The molecule has 0 saturated heterocycles. The zero-order chi connectivity index (χ0) is 31.3. The van der Waals surface area contributed by atoms with Crippen LogP contribution >= 0.6 is 23.2 Å². The molecule has 0 fully saturated rings. The standard InChI is InChI=1S/C36H38Cl2N2O4/c1-36(2)25-19-29-21(9-7-14-39(29)3)17-23(25)32(33-27(37)12-13-28(38)34(33)35(43)44)24-18-22-10-8-16-40(30(22)20-26(24)36)15-6-4-5-11-31(41)42/h12-13,17-20H,4-11,14-16H2,1-3H3,(H-,41,42,43,44). The lowest BCUT2D eigenvalue weighted by Gasteiger charge is -2.38. The number of anilines is 1. The van der Waals surface area contributed by atoms with E-state index < -0.39 is 11.9 Å². The lowest BCUT2D eigenvalue weighted by Crippen LogP contribution is -2.43. The van der Waals surface area contributed by atoms with Crippen LogP contribution in [0, 0.1) is 0 Å². The molecule has 1 aliphatic carbocycles. The number of fused-ring (bicyclic) bond motifs is 4. The molecule has 6 rings (SSSR count).